The van der Waals surface area contributed by atoms with Crippen molar-refractivity contribution in [1.82, 2.24) is 4.98 Å². The first-order valence-electron chi connectivity index (χ1n) is 7.35. The number of halogens is 2. The number of rotatable bonds is 2. The molecule has 1 aromatic heterocycles. The standard InChI is InChI=1S/C19H12FIN2O/c20-15-4-2-1-3-11(15)12-7-8-14(19(22)24)18-17(12)13-6-5-10(21)9-16(13)23-18/h1-9,23H,(H2,22,24). The molecule has 0 radical (unpaired) electrons. The van der Waals surface area contributed by atoms with Gasteiger partial charge in [-0.15, -0.1) is 0 Å². The highest BCUT2D eigenvalue weighted by molar-refractivity contribution is 14.1. The maximum atomic E-state index is 14.3. The normalized spacial score (nSPS) is 11.2. The van der Waals surface area contributed by atoms with Gasteiger partial charge in [0.05, 0.1) is 11.1 Å². The third-order valence-electron chi connectivity index (χ3n) is 4.15. The average molecular weight is 430 g/mol. The Bertz CT molecular complexity index is 1120. The van der Waals surface area contributed by atoms with Crippen LogP contribution in [0.3, 0.4) is 0 Å². The molecule has 4 rings (SSSR count). The van der Waals surface area contributed by atoms with Gasteiger partial charge in [0.25, 0.3) is 5.91 Å². The van der Waals surface area contributed by atoms with Gasteiger partial charge in [0.15, 0.2) is 0 Å². The second kappa shape index (κ2) is 5.59. The van der Waals surface area contributed by atoms with E-state index in [0.717, 1.165) is 25.4 Å². The molecule has 0 aliphatic heterocycles. The SMILES string of the molecule is NC(=O)c1ccc(-c2ccccc2F)c2c1[nH]c1cc(I)ccc12. The number of fused-ring (bicyclic) bond motifs is 3. The van der Waals surface area contributed by atoms with Crippen LogP contribution >= 0.6 is 22.6 Å². The Hall–Kier alpha value is -2.41. The predicted molar refractivity (Wildman–Crippen MR) is 102 cm³/mol. The van der Waals surface area contributed by atoms with Gasteiger partial charge in [-0.05, 0) is 52.4 Å². The van der Waals surface area contributed by atoms with Crippen LogP contribution in [-0.2, 0) is 0 Å². The van der Waals surface area contributed by atoms with E-state index in [1.807, 2.05) is 18.2 Å². The highest BCUT2D eigenvalue weighted by Gasteiger charge is 2.17. The fourth-order valence-corrected chi connectivity index (χ4v) is 3.59. The molecule has 4 aromatic rings. The van der Waals surface area contributed by atoms with Gasteiger partial charge >= 0.3 is 0 Å². The van der Waals surface area contributed by atoms with E-state index >= 15 is 0 Å². The van der Waals surface area contributed by atoms with Crippen molar-refractivity contribution < 1.29 is 9.18 Å². The number of nitrogens with one attached hydrogen (secondary N) is 1. The Kier molecular flexibility index (Phi) is 3.53. The molecule has 0 saturated heterocycles. The minimum atomic E-state index is -0.513. The van der Waals surface area contributed by atoms with Crippen molar-refractivity contribution in [2.24, 2.45) is 5.73 Å². The zero-order valence-electron chi connectivity index (χ0n) is 12.4. The summed E-state index contributed by atoms with van der Waals surface area (Å²) in [5.41, 5.74) is 8.68. The smallest absolute Gasteiger partial charge is 0.250 e. The van der Waals surface area contributed by atoms with E-state index in [0.29, 0.717) is 16.6 Å². The zero-order chi connectivity index (χ0) is 16.8. The zero-order valence-corrected chi connectivity index (χ0v) is 14.6. The Labute approximate surface area is 150 Å². The number of amides is 1. The topological polar surface area (TPSA) is 58.9 Å². The van der Waals surface area contributed by atoms with Crippen LogP contribution < -0.4 is 5.73 Å². The number of hydrogen-bond donors (Lipinski definition) is 2. The molecule has 0 aliphatic rings. The molecule has 24 heavy (non-hydrogen) atoms. The molecule has 0 aliphatic carbocycles. The van der Waals surface area contributed by atoms with Crippen LogP contribution in [0.2, 0.25) is 0 Å². The number of benzene rings is 3. The maximum absolute atomic E-state index is 14.3. The van der Waals surface area contributed by atoms with Gasteiger partial charge in [-0.2, -0.15) is 0 Å². The molecular weight excluding hydrogens is 418 g/mol. The Morgan fingerprint density at radius 2 is 1.83 bits per heavy atom. The van der Waals surface area contributed by atoms with Gasteiger partial charge in [0, 0.05) is 25.4 Å². The van der Waals surface area contributed by atoms with Crippen molar-refractivity contribution in [3.8, 4) is 11.1 Å². The molecule has 0 spiro atoms. The highest BCUT2D eigenvalue weighted by Crippen LogP contribution is 2.37. The molecule has 3 aromatic carbocycles. The molecule has 1 heterocycles. The predicted octanol–water partition coefficient (Wildman–Crippen LogP) is 4.83. The average Bonchev–Trinajstić information content (AvgIpc) is 2.92. The fourth-order valence-electron chi connectivity index (χ4n) is 3.09. The van der Waals surface area contributed by atoms with E-state index in [4.69, 9.17) is 5.73 Å². The van der Waals surface area contributed by atoms with Crippen LogP contribution in [0.15, 0.2) is 54.6 Å². The van der Waals surface area contributed by atoms with Crippen LogP contribution in [0.1, 0.15) is 10.4 Å². The van der Waals surface area contributed by atoms with Gasteiger partial charge < -0.3 is 10.7 Å². The van der Waals surface area contributed by atoms with Crippen LogP contribution in [-0.4, -0.2) is 10.9 Å². The van der Waals surface area contributed by atoms with E-state index in [2.05, 4.69) is 27.6 Å². The van der Waals surface area contributed by atoms with E-state index < -0.39 is 5.91 Å². The Morgan fingerprint density at radius 3 is 2.58 bits per heavy atom. The van der Waals surface area contributed by atoms with Crippen molar-refractivity contribution in [3.63, 3.8) is 0 Å². The lowest BCUT2D eigenvalue weighted by molar-refractivity contribution is 0.100. The fraction of sp³-hybridized carbons (Fsp3) is 0. The van der Waals surface area contributed by atoms with Gasteiger partial charge in [-0.1, -0.05) is 30.3 Å². The lowest BCUT2D eigenvalue weighted by Gasteiger charge is -2.08. The number of aromatic nitrogens is 1. The summed E-state index contributed by atoms with van der Waals surface area (Å²) in [5.74, 6) is -0.813. The number of hydrogen-bond acceptors (Lipinski definition) is 1. The third kappa shape index (κ3) is 2.27. The summed E-state index contributed by atoms with van der Waals surface area (Å²) in [4.78, 5) is 15.1. The number of primary amides is 1. The molecule has 118 valence electrons. The van der Waals surface area contributed by atoms with Crippen molar-refractivity contribution in [2.75, 3.05) is 0 Å². The van der Waals surface area contributed by atoms with Crippen LogP contribution in [0.5, 0.6) is 0 Å². The lowest BCUT2D eigenvalue weighted by atomic mass is 9.96. The van der Waals surface area contributed by atoms with Crippen molar-refractivity contribution in [2.45, 2.75) is 0 Å². The number of aromatic amines is 1. The molecule has 3 nitrogen and oxygen atoms in total. The molecule has 5 heteroatoms. The molecule has 0 fully saturated rings. The first-order chi connectivity index (χ1) is 11.6. The molecule has 0 unspecified atom stereocenters. The molecular formula is C19H12FIN2O. The summed E-state index contributed by atoms with van der Waals surface area (Å²) in [7, 11) is 0. The molecule has 1 amide bonds. The van der Waals surface area contributed by atoms with Crippen molar-refractivity contribution in [3.05, 3.63) is 69.5 Å². The van der Waals surface area contributed by atoms with E-state index in [1.54, 1.807) is 30.3 Å². The largest absolute Gasteiger partial charge is 0.366 e. The summed E-state index contributed by atoms with van der Waals surface area (Å²) >= 11 is 2.23. The maximum Gasteiger partial charge on any atom is 0.250 e. The quantitative estimate of drug-likeness (QED) is 0.440. The van der Waals surface area contributed by atoms with Crippen LogP contribution in [0.25, 0.3) is 32.9 Å². The van der Waals surface area contributed by atoms with Crippen molar-refractivity contribution in [1.29, 1.82) is 0 Å². The van der Waals surface area contributed by atoms with Gasteiger partial charge in [-0.25, -0.2) is 4.39 Å². The Morgan fingerprint density at radius 1 is 1.04 bits per heavy atom. The second-order valence-electron chi connectivity index (χ2n) is 5.57. The molecule has 0 saturated carbocycles. The number of nitrogens with two attached hydrogens (primary N) is 1. The number of carbonyl (C=O) groups excluding carboxylic acids is 1. The monoisotopic (exact) mass is 430 g/mol. The summed E-state index contributed by atoms with van der Waals surface area (Å²) in [6.45, 7) is 0. The minimum absolute atomic E-state index is 0.300. The van der Waals surface area contributed by atoms with Crippen LogP contribution in [0.4, 0.5) is 4.39 Å². The summed E-state index contributed by atoms with van der Waals surface area (Å²) in [6.07, 6.45) is 0. The highest BCUT2D eigenvalue weighted by atomic mass is 127. The molecule has 0 atom stereocenters. The first-order valence-corrected chi connectivity index (χ1v) is 8.43. The molecule has 0 bridgehead atoms. The van der Waals surface area contributed by atoms with Gasteiger partial charge in [-0.3, -0.25) is 4.79 Å². The van der Waals surface area contributed by atoms with Crippen molar-refractivity contribution >= 4 is 50.3 Å². The lowest BCUT2D eigenvalue weighted by Crippen LogP contribution is -2.11. The first kappa shape index (κ1) is 15.1. The van der Waals surface area contributed by atoms with E-state index in [-0.39, 0.29) is 5.82 Å². The molecule has 3 N–H and O–H groups in total. The van der Waals surface area contributed by atoms with Gasteiger partial charge in [0.2, 0.25) is 0 Å². The van der Waals surface area contributed by atoms with Crippen LogP contribution in [0, 0.1) is 9.39 Å². The summed E-state index contributed by atoms with van der Waals surface area (Å²) in [5, 5.41) is 1.74. The van der Waals surface area contributed by atoms with E-state index in [9.17, 15) is 9.18 Å². The third-order valence-corrected chi connectivity index (χ3v) is 4.82. The summed E-state index contributed by atoms with van der Waals surface area (Å²) in [6, 6.07) is 16.0. The summed E-state index contributed by atoms with van der Waals surface area (Å²) < 4.78 is 15.4. The minimum Gasteiger partial charge on any atom is -0.366 e. The van der Waals surface area contributed by atoms with Gasteiger partial charge in [0.1, 0.15) is 5.82 Å². The second-order valence-corrected chi connectivity index (χ2v) is 6.82. The van der Waals surface area contributed by atoms with E-state index in [1.165, 1.54) is 6.07 Å². The number of H-pyrrole nitrogens is 1. The Balaban J connectivity index is 2.20. The number of carbonyl (C=O) groups is 1.